The van der Waals surface area contributed by atoms with Gasteiger partial charge in [-0.3, -0.25) is 9.59 Å². The highest BCUT2D eigenvalue weighted by Gasteiger charge is 2.05. The van der Waals surface area contributed by atoms with Gasteiger partial charge >= 0.3 is 0 Å². The van der Waals surface area contributed by atoms with Crippen molar-refractivity contribution < 1.29 is 14.3 Å². The van der Waals surface area contributed by atoms with E-state index >= 15 is 0 Å². The first kappa shape index (κ1) is 15.0. The number of hydrogen-bond acceptors (Lipinski definition) is 3. The van der Waals surface area contributed by atoms with Crippen molar-refractivity contribution in [1.82, 2.24) is 10.6 Å². The molecule has 0 saturated carbocycles. The summed E-state index contributed by atoms with van der Waals surface area (Å²) in [5.74, 6) is 0.657. The molecule has 1 aromatic carbocycles. The molecule has 0 spiro atoms. The highest BCUT2D eigenvalue weighted by Crippen LogP contribution is 2.18. The first-order valence-corrected chi connectivity index (χ1v) is 6.17. The molecule has 5 nitrogen and oxygen atoms in total. The molecule has 0 heterocycles. The first-order chi connectivity index (χ1) is 9.02. The summed E-state index contributed by atoms with van der Waals surface area (Å²) >= 11 is 0. The first-order valence-electron chi connectivity index (χ1n) is 6.17. The van der Waals surface area contributed by atoms with Gasteiger partial charge in [-0.05, 0) is 24.1 Å². The maximum absolute atomic E-state index is 11.7. The van der Waals surface area contributed by atoms with Crippen molar-refractivity contribution in [2.75, 3.05) is 20.2 Å². The summed E-state index contributed by atoms with van der Waals surface area (Å²) in [5, 5.41) is 5.37. The van der Waals surface area contributed by atoms with Crippen molar-refractivity contribution in [3.8, 4) is 5.75 Å². The molecule has 0 radical (unpaired) electrons. The SMILES string of the molecule is COc1ccc(CC(=O)NCCNC(C)=O)cc1C. The van der Waals surface area contributed by atoms with Crippen molar-refractivity contribution in [2.45, 2.75) is 20.3 Å². The molecule has 104 valence electrons. The Morgan fingerprint density at radius 1 is 1.21 bits per heavy atom. The maximum atomic E-state index is 11.7. The van der Waals surface area contributed by atoms with Crippen molar-refractivity contribution in [3.63, 3.8) is 0 Å². The van der Waals surface area contributed by atoms with Crippen LogP contribution in [-0.4, -0.2) is 32.0 Å². The van der Waals surface area contributed by atoms with Crippen LogP contribution in [0.2, 0.25) is 0 Å². The Morgan fingerprint density at radius 3 is 2.47 bits per heavy atom. The second kappa shape index (κ2) is 7.41. The van der Waals surface area contributed by atoms with Gasteiger partial charge in [0.25, 0.3) is 0 Å². The number of carbonyl (C=O) groups is 2. The lowest BCUT2D eigenvalue weighted by atomic mass is 10.1. The molecule has 0 fully saturated rings. The highest BCUT2D eigenvalue weighted by molar-refractivity contribution is 5.78. The van der Waals surface area contributed by atoms with E-state index in [9.17, 15) is 9.59 Å². The lowest BCUT2D eigenvalue weighted by Gasteiger charge is -2.08. The zero-order valence-corrected chi connectivity index (χ0v) is 11.6. The van der Waals surface area contributed by atoms with Gasteiger partial charge in [0.2, 0.25) is 11.8 Å². The zero-order chi connectivity index (χ0) is 14.3. The van der Waals surface area contributed by atoms with Gasteiger partial charge in [-0.1, -0.05) is 12.1 Å². The van der Waals surface area contributed by atoms with Gasteiger partial charge in [-0.25, -0.2) is 0 Å². The van der Waals surface area contributed by atoms with Crippen molar-refractivity contribution in [3.05, 3.63) is 29.3 Å². The Hall–Kier alpha value is -2.04. The quantitative estimate of drug-likeness (QED) is 0.747. The van der Waals surface area contributed by atoms with Crippen LogP contribution in [0.3, 0.4) is 0 Å². The minimum absolute atomic E-state index is 0.0603. The van der Waals surface area contributed by atoms with Crippen LogP contribution in [0.15, 0.2) is 18.2 Å². The van der Waals surface area contributed by atoms with Crippen LogP contribution in [0.5, 0.6) is 5.75 Å². The van der Waals surface area contributed by atoms with Crippen molar-refractivity contribution >= 4 is 11.8 Å². The van der Waals surface area contributed by atoms with Gasteiger partial charge in [0.15, 0.2) is 0 Å². The summed E-state index contributed by atoms with van der Waals surface area (Å²) in [7, 11) is 1.62. The minimum atomic E-state index is -0.0972. The molecule has 19 heavy (non-hydrogen) atoms. The highest BCUT2D eigenvalue weighted by atomic mass is 16.5. The topological polar surface area (TPSA) is 67.4 Å². The molecule has 0 unspecified atom stereocenters. The third-order valence-corrected chi connectivity index (χ3v) is 2.65. The Balaban J connectivity index is 2.40. The molecular formula is C14H20N2O3. The van der Waals surface area contributed by atoms with E-state index in [1.54, 1.807) is 7.11 Å². The van der Waals surface area contributed by atoms with E-state index in [-0.39, 0.29) is 11.8 Å². The number of ether oxygens (including phenoxy) is 1. The molecule has 5 heteroatoms. The molecule has 2 N–H and O–H groups in total. The second-order valence-electron chi connectivity index (χ2n) is 4.31. The van der Waals surface area contributed by atoms with Crippen LogP contribution in [0, 0.1) is 6.92 Å². The average molecular weight is 264 g/mol. The van der Waals surface area contributed by atoms with E-state index in [1.807, 2.05) is 25.1 Å². The Kier molecular flexibility index (Phi) is 5.85. The summed E-state index contributed by atoms with van der Waals surface area (Å²) in [4.78, 5) is 22.3. The fourth-order valence-electron chi connectivity index (χ4n) is 1.74. The van der Waals surface area contributed by atoms with Crippen LogP contribution in [-0.2, 0) is 16.0 Å². The summed E-state index contributed by atoms with van der Waals surface area (Å²) in [6.07, 6.45) is 0.324. The van der Waals surface area contributed by atoms with Gasteiger partial charge in [-0.15, -0.1) is 0 Å². The number of methoxy groups -OCH3 is 1. The smallest absolute Gasteiger partial charge is 0.224 e. The normalized spacial score (nSPS) is 9.84. The number of aryl methyl sites for hydroxylation is 1. The zero-order valence-electron chi connectivity index (χ0n) is 11.6. The molecule has 0 saturated heterocycles. The van der Waals surface area contributed by atoms with Crippen LogP contribution >= 0.6 is 0 Å². The molecule has 0 aromatic heterocycles. The van der Waals surface area contributed by atoms with Gasteiger partial charge in [0.1, 0.15) is 5.75 Å². The maximum Gasteiger partial charge on any atom is 0.224 e. The molecule has 0 atom stereocenters. The number of hydrogen-bond donors (Lipinski definition) is 2. The number of nitrogens with one attached hydrogen (secondary N) is 2. The molecule has 0 aliphatic rings. The molecule has 0 bridgehead atoms. The third-order valence-electron chi connectivity index (χ3n) is 2.65. The number of amides is 2. The molecule has 0 aliphatic carbocycles. The van der Waals surface area contributed by atoms with Crippen molar-refractivity contribution in [2.24, 2.45) is 0 Å². The van der Waals surface area contributed by atoms with E-state index in [0.29, 0.717) is 19.5 Å². The van der Waals surface area contributed by atoms with Crippen LogP contribution in [0.25, 0.3) is 0 Å². The minimum Gasteiger partial charge on any atom is -0.496 e. The Morgan fingerprint density at radius 2 is 1.89 bits per heavy atom. The van der Waals surface area contributed by atoms with Gasteiger partial charge < -0.3 is 15.4 Å². The number of carbonyl (C=O) groups excluding carboxylic acids is 2. The second-order valence-corrected chi connectivity index (χ2v) is 4.31. The number of benzene rings is 1. The largest absolute Gasteiger partial charge is 0.496 e. The summed E-state index contributed by atoms with van der Waals surface area (Å²) in [5.41, 5.74) is 1.95. The molecule has 1 aromatic rings. The molecule has 2 amide bonds. The summed E-state index contributed by atoms with van der Waals surface area (Å²) in [6, 6.07) is 5.67. The van der Waals surface area contributed by atoms with E-state index < -0.39 is 0 Å². The van der Waals surface area contributed by atoms with Crippen molar-refractivity contribution in [1.29, 1.82) is 0 Å². The lowest BCUT2D eigenvalue weighted by Crippen LogP contribution is -2.34. The Bertz CT molecular complexity index is 458. The molecular weight excluding hydrogens is 244 g/mol. The fraction of sp³-hybridized carbons (Fsp3) is 0.429. The summed E-state index contributed by atoms with van der Waals surface area (Å²) < 4.78 is 5.17. The fourth-order valence-corrected chi connectivity index (χ4v) is 1.74. The van der Waals surface area contributed by atoms with Gasteiger partial charge in [-0.2, -0.15) is 0 Å². The summed E-state index contributed by atoms with van der Waals surface area (Å²) in [6.45, 7) is 4.27. The van der Waals surface area contributed by atoms with Crippen LogP contribution in [0.1, 0.15) is 18.1 Å². The van der Waals surface area contributed by atoms with Crippen LogP contribution < -0.4 is 15.4 Å². The lowest BCUT2D eigenvalue weighted by molar-refractivity contribution is -0.121. The third kappa shape index (κ3) is 5.42. The monoisotopic (exact) mass is 264 g/mol. The van der Waals surface area contributed by atoms with E-state index in [4.69, 9.17) is 4.74 Å². The predicted molar refractivity (Wildman–Crippen MR) is 73.1 cm³/mol. The average Bonchev–Trinajstić information content (AvgIpc) is 2.35. The van der Waals surface area contributed by atoms with Crippen LogP contribution in [0.4, 0.5) is 0 Å². The van der Waals surface area contributed by atoms with E-state index in [0.717, 1.165) is 16.9 Å². The molecule has 1 rings (SSSR count). The standard InChI is InChI=1S/C14H20N2O3/c1-10-8-12(4-5-13(10)19-3)9-14(18)16-7-6-15-11(2)17/h4-5,8H,6-7,9H2,1-3H3,(H,15,17)(H,16,18). The predicted octanol–water partition coefficient (Wildman–Crippen LogP) is 0.798. The van der Waals surface area contributed by atoms with Gasteiger partial charge in [0, 0.05) is 20.0 Å². The van der Waals surface area contributed by atoms with E-state index in [2.05, 4.69) is 10.6 Å². The molecule has 0 aliphatic heterocycles. The number of rotatable bonds is 6. The van der Waals surface area contributed by atoms with Gasteiger partial charge in [0.05, 0.1) is 13.5 Å². The van der Waals surface area contributed by atoms with E-state index in [1.165, 1.54) is 6.92 Å². The Labute approximate surface area is 113 Å².